The molecule has 7 nitrogen and oxygen atoms in total. The summed E-state index contributed by atoms with van der Waals surface area (Å²) >= 11 is 0. The van der Waals surface area contributed by atoms with E-state index in [-0.39, 0.29) is 12.5 Å². The van der Waals surface area contributed by atoms with Gasteiger partial charge in [0.25, 0.3) is 5.91 Å². The molecule has 0 bridgehead atoms. The van der Waals surface area contributed by atoms with Crippen molar-refractivity contribution in [1.29, 1.82) is 0 Å². The third-order valence-electron chi connectivity index (χ3n) is 4.46. The van der Waals surface area contributed by atoms with Gasteiger partial charge in [0, 0.05) is 12.6 Å². The van der Waals surface area contributed by atoms with E-state index in [1.165, 1.54) is 4.90 Å². The first kappa shape index (κ1) is 20.4. The van der Waals surface area contributed by atoms with Crippen molar-refractivity contribution in [3.63, 3.8) is 0 Å². The highest BCUT2D eigenvalue weighted by Gasteiger charge is 2.24. The van der Waals surface area contributed by atoms with Gasteiger partial charge in [-0.15, -0.1) is 0 Å². The number of aryl methyl sites for hydroxylation is 1. The SMILES string of the molecule is CC[C@@H](Oc1cccc(C)c1)C(=O)N(C)Cc1nc(-c2cccc(OC)c2)no1. The first-order chi connectivity index (χ1) is 14.0. The Morgan fingerprint density at radius 3 is 2.66 bits per heavy atom. The van der Waals surface area contributed by atoms with Gasteiger partial charge in [-0.1, -0.05) is 36.3 Å². The summed E-state index contributed by atoms with van der Waals surface area (Å²) < 4.78 is 16.4. The van der Waals surface area contributed by atoms with Crippen LogP contribution in [0.2, 0.25) is 0 Å². The maximum atomic E-state index is 12.8. The van der Waals surface area contributed by atoms with Gasteiger partial charge in [-0.2, -0.15) is 4.98 Å². The predicted octanol–water partition coefficient (Wildman–Crippen LogP) is 3.87. The number of likely N-dealkylation sites (N-methyl/N-ethyl adjacent to an activating group) is 1. The molecule has 0 aliphatic heterocycles. The van der Waals surface area contributed by atoms with E-state index in [2.05, 4.69) is 10.1 Å². The van der Waals surface area contributed by atoms with E-state index in [0.717, 1.165) is 11.1 Å². The first-order valence-electron chi connectivity index (χ1n) is 9.45. The number of carbonyl (C=O) groups excluding carboxylic acids is 1. The van der Waals surface area contributed by atoms with Crippen LogP contribution in [0.15, 0.2) is 53.1 Å². The molecule has 3 aromatic rings. The van der Waals surface area contributed by atoms with Gasteiger partial charge in [0.2, 0.25) is 11.7 Å². The van der Waals surface area contributed by atoms with Crippen molar-refractivity contribution in [1.82, 2.24) is 15.0 Å². The molecule has 0 aliphatic rings. The standard InChI is InChI=1S/C22H25N3O4/c1-5-19(28-18-11-6-8-15(2)12-18)22(26)25(3)14-20-23-21(24-29-20)16-9-7-10-17(13-16)27-4/h6-13,19H,5,14H2,1-4H3/t19-/m1/s1. The number of aromatic nitrogens is 2. The zero-order valence-electron chi connectivity index (χ0n) is 17.1. The molecule has 0 spiro atoms. The molecule has 29 heavy (non-hydrogen) atoms. The van der Waals surface area contributed by atoms with Gasteiger partial charge >= 0.3 is 0 Å². The number of carbonyl (C=O) groups is 1. The van der Waals surface area contributed by atoms with Crippen LogP contribution in [0.25, 0.3) is 11.4 Å². The maximum Gasteiger partial charge on any atom is 0.263 e. The molecule has 0 N–H and O–H groups in total. The summed E-state index contributed by atoms with van der Waals surface area (Å²) in [4.78, 5) is 18.7. The monoisotopic (exact) mass is 395 g/mol. The predicted molar refractivity (Wildman–Crippen MR) is 109 cm³/mol. The van der Waals surface area contributed by atoms with Crippen molar-refractivity contribution in [3.05, 3.63) is 60.0 Å². The molecule has 7 heteroatoms. The van der Waals surface area contributed by atoms with Crippen LogP contribution in [0.5, 0.6) is 11.5 Å². The quantitative estimate of drug-likeness (QED) is 0.576. The van der Waals surface area contributed by atoms with Crippen LogP contribution in [0, 0.1) is 6.92 Å². The zero-order chi connectivity index (χ0) is 20.8. The lowest BCUT2D eigenvalue weighted by Gasteiger charge is -2.22. The summed E-state index contributed by atoms with van der Waals surface area (Å²) in [6, 6.07) is 15.0. The molecule has 1 aromatic heterocycles. The third kappa shape index (κ3) is 5.13. The van der Waals surface area contributed by atoms with Crippen LogP contribution in [-0.4, -0.2) is 41.2 Å². The van der Waals surface area contributed by atoms with Crippen LogP contribution >= 0.6 is 0 Å². The normalized spacial score (nSPS) is 11.7. The third-order valence-corrected chi connectivity index (χ3v) is 4.46. The van der Waals surface area contributed by atoms with Gasteiger partial charge in [0.15, 0.2) is 6.10 Å². The molecule has 1 atom stereocenters. The average molecular weight is 395 g/mol. The van der Waals surface area contributed by atoms with E-state index in [4.69, 9.17) is 14.0 Å². The molecule has 0 fully saturated rings. The number of rotatable bonds is 8. The fourth-order valence-corrected chi connectivity index (χ4v) is 2.89. The van der Waals surface area contributed by atoms with E-state index in [9.17, 15) is 4.79 Å². The van der Waals surface area contributed by atoms with E-state index in [0.29, 0.717) is 29.6 Å². The fourth-order valence-electron chi connectivity index (χ4n) is 2.89. The van der Waals surface area contributed by atoms with Crippen LogP contribution in [-0.2, 0) is 11.3 Å². The summed E-state index contributed by atoms with van der Waals surface area (Å²) in [6.45, 7) is 4.10. The van der Waals surface area contributed by atoms with Gasteiger partial charge < -0.3 is 18.9 Å². The van der Waals surface area contributed by atoms with Crippen LogP contribution < -0.4 is 9.47 Å². The zero-order valence-corrected chi connectivity index (χ0v) is 17.1. The maximum absolute atomic E-state index is 12.8. The Morgan fingerprint density at radius 1 is 1.17 bits per heavy atom. The van der Waals surface area contributed by atoms with Gasteiger partial charge in [0.05, 0.1) is 13.7 Å². The van der Waals surface area contributed by atoms with E-state index >= 15 is 0 Å². The first-order valence-corrected chi connectivity index (χ1v) is 9.45. The Labute approximate surface area is 170 Å². The number of amides is 1. The van der Waals surface area contributed by atoms with Gasteiger partial charge in [-0.25, -0.2) is 0 Å². The molecule has 0 saturated heterocycles. The molecule has 1 amide bonds. The molecular weight excluding hydrogens is 370 g/mol. The number of hydrogen-bond donors (Lipinski definition) is 0. The summed E-state index contributed by atoms with van der Waals surface area (Å²) in [6.07, 6.45) is -0.0294. The Balaban J connectivity index is 1.66. The highest BCUT2D eigenvalue weighted by Crippen LogP contribution is 2.22. The van der Waals surface area contributed by atoms with Gasteiger partial charge in [0.1, 0.15) is 11.5 Å². The summed E-state index contributed by atoms with van der Waals surface area (Å²) in [5.41, 5.74) is 1.86. The minimum atomic E-state index is -0.581. The van der Waals surface area contributed by atoms with E-state index in [1.807, 2.05) is 62.4 Å². The fraction of sp³-hybridized carbons (Fsp3) is 0.318. The van der Waals surface area contributed by atoms with Crippen LogP contribution in [0.3, 0.4) is 0 Å². The molecule has 2 aromatic carbocycles. The Morgan fingerprint density at radius 2 is 1.93 bits per heavy atom. The van der Waals surface area contributed by atoms with Crippen LogP contribution in [0.4, 0.5) is 0 Å². The van der Waals surface area contributed by atoms with Crippen molar-refractivity contribution in [2.45, 2.75) is 32.9 Å². The number of ether oxygens (including phenoxy) is 2. The minimum Gasteiger partial charge on any atom is -0.497 e. The molecule has 0 aliphatic carbocycles. The van der Waals surface area contributed by atoms with E-state index in [1.54, 1.807) is 14.2 Å². The van der Waals surface area contributed by atoms with Crippen molar-refractivity contribution in [3.8, 4) is 22.9 Å². The molecule has 0 radical (unpaired) electrons. The summed E-state index contributed by atoms with van der Waals surface area (Å²) in [5, 5.41) is 4.01. The number of nitrogens with zero attached hydrogens (tertiary/aromatic N) is 3. The van der Waals surface area contributed by atoms with Crippen molar-refractivity contribution >= 4 is 5.91 Å². The second-order valence-corrected chi connectivity index (χ2v) is 6.77. The number of methoxy groups -OCH3 is 1. The lowest BCUT2D eigenvalue weighted by Crippen LogP contribution is -2.39. The molecule has 1 heterocycles. The minimum absolute atomic E-state index is 0.143. The number of benzene rings is 2. The highest BCUT2D eigenvalue weighted by molar-refractivity contribution is 5.81. The Kier molecular flexibility index (Phi) is 6.49. The molecule has 3 rings (SSSR count). The topological polar surface area (TPSA) is 77.7 Å². The lowest BCUT2D eigenvalue weighted by atomic mass is 10.2. The largest absolute Gasteiger partial charge is 0.497 e. The second-order valence-electron chi connectivity index (χ2n) is 6.77. The summed E-state index contributed by atoms with van der Waals surface area (Å²) in [5.74, 6) is 2.04. The Hall–Kier alpha value is -3.35. The Bertz CT molecular complexity index is 970. The smallest absolute Gasteiger partial charge is 0.263 e. The average Bonchev–Trinajstić information content (AvgIpc) is 3.20. The lowest BCUT2D eigenvalue weighted by molar-refractivity contribution is -0.138. The van der Waals surface area contributed by atoms with E-state index < -0.39 is 6.10 Å². The number of hydrogen-bond acceptors (Lipinski definition) is 6. The van der Waals surface area contributed by atoms with Crippen LogP contribution in [0.1, 0.15) is 24.8 Å². The molecule has 0 unspecified atom stereocenters. The van der Waals surface area contributed by atoms with Gasteiger partial charge in [-0.3, -0.25) is 4.79 Å². The van der Waals surface area contributed by atoms with Crippen molar-refractivity contribution < 1.29 is 18.8 Å². The molecular formula is C22H25N3O4. The van der Waals surface area contributed by atoms with Crippen molar-refractivity contribution in [2.24, 2.45) is 0 Å². The second kappa shape index (κ2) is 9.23. The van der Waals surface area contributed by atoms with Gasteiger partial charge in [-0.05, 0) is 43.2 Å². The highest BCUT2D eigenvalue weighted by atomic mass is 16.5. The van der Waals surface area contributed by atoms with Crippen molar-refractivity contribution in [2.75, 3.05) is 14.2 Å². The summed E-state index contributed by atoms with van der Waals surface area (Å²) in [7, 11) is 3.30. The molecule has 0 saturated carbocycles. The molecule has 152 valence electrons.